The molecule has 0 aliphatic carbocycles. The van der Waals surface area contributed by atoms with Gasteiger partial charge >= 0.3 is 12.0 Å². The second kappa shape index (κ2) is 10.9. The number of aromatic nitrogens is 1. The lowest BCUT2D eigenvalue weighted by Crippen LogP contribution is -2.35. The van der Waals surface area contributed by atoms with Gasteiger partial charge in [0.2, 0.25) is 0 Å². The molecule has 3 aromatic rings. The molecule has 0 aliphatic rings. The number of nitrogens with zero attached hydrogens (tertiary/aromatic N) is 1. The molecule has 30 heavy (non-hydrogen) atoms. The third kappa shape index (κ3) is 6.27. The minimum atomic E-state index is -0.223. The van der Waals surface area contributed by atoms with Crippen molar-refractivity contribution in [3.05, 3.63) is 66.4 Å². The molecule has 2 amide bonds. The van der Waals surface area contributed by atoms with Crippen LogP contribution in [0.1, 0.15) is 18.4 Å². The number of fused-ring (bicyclic) bond motifs is 1. The summed E-state index contributed by atoms with van der Waals surface area (Å²) < 4.78 is 12.5. The largest absolute Gasteiger partial charge is 0.494 e. The van der Waals surface area contributed by atoms with E-state index in [1.54, 1.807) is 0 Å². The highest BCUT2D eigenvalue weighted by Crippen LogP contribution is 2.22. The Kier molecular flexibility index (Phi) is 7.71. The number of benzene rings is 2. The van der Waals surface area contributed by atoms with E-state index >= 15 is 0 Å². The van der Waals surface area contributed by atoms with Crippen molar-refractivity contribution in [2.75, 3.05) is 20.3 Å². The molecule has 2 N–H and O–H groups in total. The Labute approximate surface area is 176 Å². The Hall–Kier alpha value is -3.48. The highest BCUT2D eigenvalue weighted by atomic mass is 16.5. The lowest BCUT2D eigenvalue weighted by atomic mass is 10.2. The van der Waals surface area contributed by atoms with Crippen LogP contribution in [0.25, 0.3) is 10.9 Å². The fourth-order valence-corrected chi connectivity index (χ4v) is 3.08. The molecule has 0 saturated carbocycles. The predicted octanol–water partition coefficient (Wildman–Crippen LogP) is 3.47. The number of rotatable bonds is 10. The van der Waals surface area contributed by atoms with E-state index in [9.17, 15) is 9.59 Å². The van der Waals surface area contributed by atoms with E-state index in [4.69, 9.17) is 4.74 Å². The van der Waals surface area contributed by atoms with E-state index in [0.717, 1.165) is 22.2 Å². The fourth-order valence-electron chi connectivity index (χ4n) is 3.08. The third-order valence-corrected chi connectivity index (χ3v) is 4.70. The van der Waals surface area contributed by atoms with Gasteiger partial charge in [-0.25, -0.2) is 4.79 Å². The molecule has 1 heterocycles. The van der Waals surface area contributed by atoms with Crippen LogP contribution in [0.15, 0.2) is 60.8 Å². The number of urea groups is 1. The number of aryl methyl sites for hydroxylation is 1. The number of nitrogens with one attached hydrogen (secondary N) is 2. The van der Waals surface area contributed by atoms with Gasteiger partial charge in [-0.2, -0.15) is 0 Å². The maximum Gasteiger partial charge on any atom is 0.315 e. The predicted molar refractivity (Wildman–Crippen MR) is 115 cm³/mol. The smallest absolute Gasteiger partial charge is 0.315 e. The fraction of sp³-hybridized carbons (Fsp3) is 0.304. The number of hydrogen-bond acceptors (Lipinski definition) is 4. The zero-order valence-corrected chi connectivity index (χ0v) is 17.1. The summed E-state index contributed by atoms with van der Waals surface area (Å²) >= 11 is 0. The number of hydrogen-bond donors (Lipinski definition) is 2. The number of carbonyl (C=O) groups is 2. The van der Waals surface area contributed by atoms with Gasteiger partial charge in [-0.15, -0.1) is 0 Å². The van der Waals surface area contributed by atoms with Crippen LogP contribution in [0.2, 0.25) is 0 Å². The van der Waals surface area contributed by atoms with Crippen LogP contribution in [0, 0.1) is 0 Å². The second-order valence-corrected chi connectivity index (χ2v) is 6.85. The molecule has 0 bridgehead atoms. The molecule has 3 rings (SSSR count). The first-order valence-electron chi connectivity index (χ1n) is 10.00. The quantitative estimate of drug-likeness (QED) is 0.397. The average molecular weight is 409 g/mol. The summed E-state index contributed by atoms with van der Waals surface area (Å²) in [7, 11) is 1.40. The SMILES string of the molecule is COC(=O)CCn1ccc2cc(OCCCNC(=O)NCc3ccccc3)ccc21. The van der Waals surface area contributed by atoms with Crippen molar-refractivity contribution >= 4 is 22.9 Å². The van der Waals surface area contributed by atoms with E-state index in [2.05, 4.69) is 15.4 Å². The normalized spacial score (nSPS) is 10.6. The Morgan fingerprint density at radius 3 is 2.67 bits per heavy atom. The number of amides is 2. The van der Waals surface area contributed by atoms with Crippen LogP contribution in [-0.4, -0.2) is 36.8 Å². The van der Waals surface area contributed by atoms with Crippen molar-refractivity contribution < 1.29 is 19.1 Å². The van der Waals surface area contributed by atoms with Crippen LogP contribution in [0.4, 0.5) is 4.79 Å². The van der Waals surface area contributed by atoms with Crippen molar-refractivity contribution in [2.24, 2.45) is 0 Å². The van der Waals surface area contributed by atoms with Gasteiger partial charge in [-0.1, -0.05) is 30.3 Å². The molecule has 7 nitrogen and oxygen atoms in total. The summed E-state index contributed by atoms with van der Waals surface area (Å²) in [5.74, 6) is 0.556. The molecule has 158 valence electrons. The molecule has 0 unspecified atom stereocenters. The molecular weight excluding hydrogens is 382 g/mol. The van der Waals surface area contributed by atoms with Gasteiger partial charge in [0.05, 0.1) is 20.1 Å². The Bertz CT molecular complexity index is 969. The summed E-state index contributed by atoms with van der Waals surface area (Å²) in [5, 5.41) is 6.71. The number of methoxy groups -OCH3 is 1. The number of ether oxygens (including phenoxy) is 2. The standard InChI is InChI=1S/C23H27N3O4/c1-29-22(27)11-14-26-13-10-19-16-20(8-9-21(19)26)30-15-5-12-24-23(28)25-17-18-6-3-2-4-7-18/h2-4,6-10,13,16H,5,11-12,14-15,17H2,1H3,(H2,24,25,28). The molecule has 0 saturated heterocycles. The molecule has 0 aliphatic heterocycles. The third-order valence-electron chi connectivity index (χ3n) is 4.70. The van der Waals surface area contributed by atoms with Gasteiger partial charge in [0.1, 0.15) is 5.75 Å². The first-order chi connectivity index (χ1) is 14.7. The summed E-state index contributed by atoms with van der Waals surface area (Å²) in [6, 6.07) is 17.5. The van der Waals surface area contributed by atoms with Gasteiger partial charge < -0.3 is 24.7 Å². The van der Waals surface area contributed by atoms with Crippen LogP contribution >= 0.6 is 0 Å². The first kappa shape index (κ1) is 21.2. The van der Waals surface area contributed by atoms with Gasteiger partial charge in [0.25, 0.3) is 0 Å². The van der Waals surface area contributed by atoms with E-state index in [1.165, 1.54) is 7.11 Å². The number of carbonyl (C=O) groups excluding carboxylic acids is 2. The van der Waals surface area contributed by atoms with E-state index in [0.29, 0.717) is 39.1 Å². The van der Waals surface area contributed by atoms with Crippen LogP contribution in [-0.2, 0) is 22.6 Å². The molecular formula is C23H27N3O4. The van der Waals surface area contributed by atoms with Crippen molar-refractivity contribution in [2.45, 2.75) is 25.9 Å². The molecule has 7 heteroatoms. The summed E-state index contributed by atoms with van der Waals surface area (Å²) in [5.41, 5.74) is 2.11. The van der Waals surface area contributed by atoms with Crippen LogP contribution in [0.5, 0.6) is 5.75 Å². The summed E-state index contributed by atoms with van der Waals surface area (Å²) in [6.45, 7) is 2.12. The van der Waals surface area contributed by atoms with Gasteiger partial charge in [-0.05, 0) is 36.2 Å². The lowest BCUT2D eigenvalue weighted by Gasteiger charge is -2.09. The molecule has 0 spiro atoms. The minimum absolute atomic E-state index is 0.187. The zero-order chi connectivity index (χ0) is 21.2. The second-order valence-electron chi connectivity index (χ2n) is 6.85. The van der Waals surface area contributed by atoms with Crippen molar-refractivity contribution in [1.82, 2.24) is 15.2 Å². The Morgan fingerprint density at radius 2 is 1.87 bits per heavy atom. The van der Waals surface area contributed by atoms with Gasteiger partial charge in [0.15, 0.2) is 0 Å². The topological polar surface area (TPSA) is 81.6 Å². The molecule has 0 atom stereocenters. The van der Waals surface area contributed by atoms with E-state index < -0.39 is 0 Å². The van der Waals surface area contributed by atoms with Crippen LogP contribution in [0.3, 0.4) is 0 Å². The highest BCUT2D eigenvalue weighted by Gasteiger charge is 2.06. The van der Waals surface area contributed by atoms with Gasteiger partial charge in [0, 0.05) is 36.7 Å². The van der Waals surface area contributed by atoms with E-state index in [-0.39, 0.29) is 12.0 Å². The summed E-state index contributed by atoms with van der Waals surface area (Å²) in [4.78, 5) is 23.1. The van der Waals surface area contributed by atoms with E-state index in [1.807, 2.05) is 65.4 Å². The Morgan fingerprint density at radius 1 is 1.03 bits per heavy atom. The summed E-state index contributed by atoms with van der Waals surface area (Å²) in [6.07, 6.45) is 3.00. The van der Waals surface area contributed by atoms with Crippen molar-refractivity contribution in [3.63, 3.8) is 0 Å². The zero-order valence-electron chi connectivity index (χ0n) is 17.1. The molecule has 0 fully saturated rings. The molecule has 1 aromatic heterocycles. The molecule has 0 radical (unpaired) electrons. The minimum Gasteiger partial charge on any atom is -0.494 e. The maximum atomic E-state index is 11.8. The average Bonchev–Trinajstić information content (AvgIpc) is 3.18. The van der Waals surface area contributed by atoms with Crippen molar-refractivity contribution in [3.8, 4) is 5.75 Å². The maximum absolute atomic E-state index is 11.8. The first-order valence-corrected chi connectivity index (χ1v) is 10.00. The molecule has 2 aromatic carbocycles. The number of esters is 1. The monoisotopic (exact) mass is 409 g/mol. The van der Waals surface area contributed by atoms with Gasteiger partial charge in [-0.3, -0.25) is 4.79 Å². The van der Waals surface area contributed by atoms with Crippen LogP contribution < -0.4 is 15.4 Å². The van der Waals surface area contributed by atoms with Crippen molar-refractivity contribution in [1.29, 1.82) is 0 Å². The highest BCUT2D eigenvalue weighted by molar-refractivity contribution is 5.82. The lowest BCUT2D eigenvalue weighted by molar-refractivity contribution is -0.140. The Balaban J connectivity index is 1.36.